The molecule has 1 aromatic carbocycles. The molecule has 0 saturated heterocycles. The van der Waals surface area contributed by atoms with Gasteiger partial charge in [-0.2, -0.15) is 5.10 Å². The molecule has 3 aromatic rings. The van der Waals surface area contributed by atoms with Crippen LogP contribution in [-0.2, 0) is 12.4 Å². The van der Waals surface area contributed by atoms with Crippen molar-refractivity contribution < 1.29 is 8.78 Å². The molecule has 0 amide bonds. The zero-order valence-electron chi connectivity index (χ0n) is 11.3. The molecule has 1 unspecified atom stereocenters. The monoisotopic (exact) mass is 310 g/mol. The fraction of sp³-hybridized carbons (Fsp3) is 0.286. The number of benzene rings is 1. The minimum Gasteiger partial charge on any atom is -0.322 e. The van der Waals surface area contributed by atoms with E-state index in [2.05, 4.69) is 10.1 Å². The predicted molar refractivity (Wildman–Crippen MR) is 76.1 cm³/mol. The quantitative estimate of drug-likeness (QED) is 0.691. The lowest BCUT2D eigenvalue weighted by molar-refractivity contribution is 0.437. The van der Waals surface area contributed by atoms with Crippen LogP contribution in [0.15, 0.2) is 30.6 Å². The van der Waals surface area contributed by atoms with Gasteiger partial charge in [0.25, 0.3) is 0 Å². The van der Waals surface area contributed by atoms with Crippen molar-refractivity contribution in [1.29, 1.82) is 0 Å². The van der Waals surface area contributed by atoms with Crippen LogP contribution >= 0.6 is 11.6 Å². The van der Waals surface area contributed by atoms with Crippen molar-refractivity contribution in [3.05, 3.63) is 48.1 Å². The molecular formula is C14H13ClF2N4. The third-order valence-electron chi connectivity index (χ3n) is 3.36. The van der Waals surface area contributed by atoms with Crippen LogP contribution in [0.3, 0.4) is 0 Å². The van der Waals surface area contributed by atoms with Gasteiger partial charge < -0.3 is 4.57 Å². The molecule has 2 aromatic heterocycles. The van der Waals surface area contributed by atoms with Crippen LogP contribution in [0.5, 0.6) is 0 Å². The highest BCUT2D eigenvalue weighted by atomic mass is 35.5. The summed E-state index contributed by atoms with van der Waals surface area (Å²) < 4.78 is 30.9. The summed E-state index contributed by atoms with van der Waals surface area (Å²) in [7, 11) is 0. The molecule has 2 heterocycles. The first-order valence-corrected chi connectivity index (χ1v) is 7.03. The van der Waals surface area contributed by atoms with E-state index in [1.807, 2.05) is 19.2 Å². The van der Waals surface area contributed by atoms with E-state index in [0.29, 0.717) is 17.9 Å². The second-order valence-electron chi connectivity index (χ2n) is 4.86. The molecular weight excluding hydrogens is 298 g/mol. The first kappa shape index (κ1) is 14.0. The molecule has 110 valence electrons. The van der Waals surface area contributed by atoms with Gasteiger partial charge in [-0.1, -0.05) is 0 Å². The average Bonchev–Trinajstić information content (AvgIpc) is 3.05. The van der Waals surface area contributed by atoms with E-state index >= 15 is 0 Å². The molecule has 0 bridgehead atoms. The number of halogens is 3. The molecule has 0 aliphatic rings. The summed E-state index contributed by atoms with van der Waals surface area (Å²) in [5.74, 6) is -0.676. The fourth-order valence-electron chi connectivity index (χ4n) is 2.52. The van der Waals surface area contributed by atoms with Gasteiger partial charge in [-0.05, 0) is 19.1 Å². The Kier molecular flexibility index (Phi) is 3.63. The van der Waals surface area contributed by atoms with Gasteiger partial charge in [-0.3, -0.25) is 4.68 Å². The maximum atomic E-state index is 13.8. The molecule has 1 atom stereocenters. The van der Waals surface area contributed by atoms with E-state index in [-0.39, 0.29) is 17.4 Å². The van der Waals surface area contributed by atoms with Crippen molar-refractivity contribution in [3.8, 4) is 0 Å². The third kappa shape index (κ3) is 2.51. The van der Waals surface area contributed by atoms with Crippen molar-refractivity contribution in [2.24, 2.45) is 0 Å². The van der Waals surface area contributed by atoms with Gasteiger partial charge in [0.05, 0.1) is 24.0 Å². The number of nitrogens with zero attached hydrogens (tertiary/aromatic N) is 4. The smallest absolute Gasteiger partial charge is 0.153 e. The molecule has 0 spiro atoms. The number of hydrogen-bond donors (Lipinski definition) is 0. The lowest BCUT2D eigenvalue weighted by atomic mass is 10.2. The highest BCUT2D eigenvalue weighted by molar-refractivity contribution is 6.16. The SMILES string of the molecule is CC(Cn1cccn1)n1c(CCl)nc2c(F)cc(F)cc21. The molecule has 4 nitrogen and oxygen atoms in total. The van der Waals surface area contributed by atoms with Gasteiger partial charge in [-0.15, -0.1) is 11.6 Å². The van der Waals surface area contributed by atoms with E-state index < -0.39 is 11.6 Å². The maximum absolute atomic E-state index is 13.8. The molecule has 0 radical (unpaired) electrons. The van der Waals surface area contributed by atoms with Crippen molar-refractivity contribution in [2.45, 2.75) is 25.4 Å². The lowest BCUT2D eigenvalue weighted by Gasteiger charge is -2.17. The maximum Gasteiger partial charge on any atom is 0.153 e. The highest BCUT2D eigenvalue weighted by Crippen LogP contribution is 2.26. The van der Waals surface area contributed by atoms with Crippen LogP contribution in [0.25, 0.3) is 11.0 Å². The molecule has 0 saturated carbocycles. The summed E-state index contributed by atoms with van der Waals surface area (Å²) >= 11 is 5.90. The van der Waals surface area contributed by atoms with E-state index in [9.17, 15) is 8.78 Å². The number of imidazole rings is 1. The van der Waals surface area contributed by atoms with E-state index in [1.54, 1.807) is 15.4 Å². The largest absolute Gasteiger partial charge is 0.322 e. The topological polar surface area (TPSA) is 35.6 Å². The number of hydrogen-bond acceptors (Lipinski definition) is 2. The Balaban J connectivity index is 2.11. The standard InChI is InChI=1S/C14H13ClF2N4/c1-9(8-20-4-2-3-18-20)21-12-6-10(16)5-11(17)14(12)19-13(21)7-15/h2-6,9H,7-8H2,1H3. The zero-order chi connectivity index (χ0) is 15.0. The molecule has 0 N–H and O–H groups in total. The predicted octanol–water partition coefficient (Wildman–Crippen LogP) is 3.51. The Bertz CT molecular complexity index is 767. The number of rotatable bonds is 4. The normalized spacial score (nSPS) is 13.0. The first-order valence-electron chi connectivity index (χ1n) is 6.49. The second-order valence-corrected chi connectivity index (χ2v) is 5.13. The Labute approximate surface area is 125 Å². The van der Waals surface area contributed by atoms with Crippen LogP contribution in [0.4, 0.5) is 8.78 Å². The summed E-state index contributed by atoms with van der Waals surface area (Å²) in [5, 5.41) is 4.14. The number of alkyl halides is 1. The summed E-state index contributed by atoms with van der Waals surface area (Å²) in [5.41, 5.74) is 0.544. The van der Waals surface area contributed by atoms with Crippen molar-refractivity contribution in [1.82, 2.24) is 19.3 Å². The van der Waals surface area contributed by atoms with Crippen molar-refractivity contribution in [3.63, 3.8) is 0 Å². The summed E-state index contributed by atoms with van der Waals surface area (Å²) in [6.45, 7) is 2.49. The minimum atomic E-state index is -0.679. The Morgan fingerprint density at radius 3 is 2.81 bits per heavy atom. The zero-order valence-corrected chi connectivity index (χ0v) is 12.1. The second kappa shape index (κ2) is 5.44. The van der Waals surface area contributed by atoms with Gasteiger partial charge >= 0.3 is 0 Å². The van der Waals surface area contributed by atoms with E-state index in [4.69, 9.17) is 11.6 Å². The first-order chi connectivity index (χ1) is 10.1. The Hall–Kier alpha value is -1.95. The third-order valence-corrected chi connectivity index (χ3v) is 3.60. The van der Waals surface area contributed by atoms with Gasteiger partial charge in [0, 0.05) is 18.5 Å². The van der Waals surface area contributed by atoms with Crippen LogP contribution in [-0.4, -0.2) is 19.3 Å². The highest BCUT2D eigenvalue weighted by Gasteiger charge is 2.19. The fourth-order valence-corrected chi connectivity index (χ4v) is 2.70. The van der Waals surface area contributed by atoms with Crippen molar-refractivity contribution in [2.75, 3.05) is 0 Å². The lowest BCUT2D eigenvalue weighted by Crippen LogP contribution is -2.15. The average molecular weight is 311 g/mol. The molecule has 0 fully saturated rings. The van der Waals surface area contributed by atoms with Crippen LogP contribution in [0, 0.1) is 11.6 Å². The summed E-state index contributed by atoms with van der Waals surface area (Å²) in [6.07, 6.45) is 3.51. The Morgan fingerprint density at radius 2 is 2.14 bits per heavy atom. The molecule has 21 heavy (non-hydrogen) atoms. The van der Waals surface area contributed by atoms with E-state index in [0.717, 1.165) is 6.07 Å². The Morgan fingerprint density at radius 1 is 1.33 bits per heavy atom. The van der Waals surface area contributed by atoms with Gasteiger partial charge in [0.2, 0.25) is 0 Å². The minimum absolute atomic E-state index is 0.0927. The van der Waals surface area contributed by atoms with Crippen LogP contribution in [0.2, 0.25) is 0 Å². The van der Waals surface area contributed by atoms with E-state index in [1.165, 1.54) is 6.07 Å². The molecule has 0 aliphatic heterocycles. The number of aromatic nitrogens is 4. The van der Waals surface area contributed by atoms with Gasteiger partial charge in [-0.25, -0.2) is 13.8 Å². The van der Waals surface area contributed by atoms with Crippen LogP contribution < -0.4 is 0 Å². The summed E-state index contributed by atoms with van der Waals surface area (Å²) in [6, 6.07) is 3.84. The molecule has 0 aliphatic carbocycles. The number of fused-ring (bicyclic) bond motifs is 1. The van der Waals surface area contributed by atoms with Gasteiger partial charge in [0.1, 0.15) is 17.2 Å². The summed E-state index contributed by atoms with van der Waals surface area (Å²) in [4.78, 5) is 4.18. The molecule has 7 heteroatoms. The molecule has 3 rings (SSSR count). The van der Waals surface area contributed by atoms with Crippen molar-refractivity contribution >= 4 is 22.6 Å². The van der Waals surface area contributed by atoms with Gasteiger partial charge in [0.15, 0.2) is 5.82 Å². The van der Waals surface area contributed by atoms with Crippen LogP contribution in [0.1, 0.15) is 18.8 Å².